The first-order valence-corrected chi connectivity index (χ1v) is 10.2. The van der Waals surface area contributed by atoms with Gasteiger partial charge in [-0.2, -0.15) is 0 Å². The molecule has 0 radical (unpaired) electrons. The fraction of sp³-hybridized carbons (Fsp3) is 0.348. The van der Waals surface area contributed by atoms with Gasteiger partial charge in [0.05, 0.1) is 24.1 Å². The molecule has 2 aliphatic rings. The largest absolute Gasteiger partial charge is 0.490 e. The van der Waals surface area contributed by atoms with Crippen molar-refractivity contribution in [2.75, 3.05) is 19.0 Å². The SMILES string of the molecule is CN1C(=O)c2cc(NC(=O)c3ccccc3)ccc2OC[C@@H]2O[C@H](CC(=O)O)CC[C@H]21. The molecule has 0 spiro atoms. The summed E-state index contributed by atoms with van der Waals surface area (Å²) in [4.78, 5) is 38.3. The van der Waals surface area contributed by atoms with Crippen LogP contribution >= 0.6 is 0 Å². The van der Waals surface area contributed by atoms with Gasteiger partial charge < -0.3 is 24.8 Å². The highest BCUT2D eigenvalue weighted by atomic mass is 16.5. The second kappa shape index (κ2) is 8.77. The van der Waals surface area contributed by atoms with E-state index in [-0.39, 0.29) is 37.0 Å². The third-order valence-corrected chi connectivity index (χ3v) is 5.71. The van der Waals surface area contributed by atoms with Crippen LogP contribution in [0.2, 0.25) is 0 Å². The summed E-state index contributed by atoms with van der Waals surface area (Å²) >= 11 is 0. The van der Waals surface area contributed by atoms with Gasteiger partial charge in [-0.25, -0.2) is 0 Å². The monoisotopic (exact) mass is 424 g/mol. The van der Waals surface area contributed by atoms with Crippen LogP contribution in [0, 0.1) is 0 Å². The number of benzene rings is 2. The van der Waals surface area contributed by atoms with Crippen LogP contribution in [0.5, 0.6) is 5.75 Å². The normalized spacial score (nSPS) is 22.9. The molecule has 2 N–H and O–H groups in total. The van der Waals surface area contributed by atoms with Gasteiger partial charge in [0.1, 0.15) is 18.5 Å². The molecule has 2 aliphatic heterocycles. The lowest BCUT2D eigenvalue weighted by atomic mass is 9.94. The number of carbonyl (C=O) groups is 3. The first kappa shape index (κ1) is 20.9. The molecule has 0 saturated carbocycles. The highest BCUT2D eigenvalue weighted by Gasteiger charge is 2.39. The first-order chi connectivity index (χ1) is 14.9. The van der Waals surface area contributed by atoms with Gasteiger partial charge in [0.2, 0.25) is 0 Å². The number of amides is 2. The molecule has 0 aromatic heterocycles. The molecule has 2 amide bonds. The third-order valence-electron chi connectivity index (χ3n) is 5.71. The summed E-state index contributed by atoms with van der Waals surface area (Å²) in [6, 6.07) is 13.6. The molecule has 162 valence electrons. The zero-order valence-corrected chi connectivity index (χ0v) is 17.1. The second-order valence-corrected chi connectivity index (χ2v) is 7.80. The molecular formula is C23H24N2O6. The summed E-state index contributed by atoms with van der Waals surface area (Å²) in [5.74, 6) is -1.01. The Labute approximate surface area is 179 Å². The highest BCUT2D eigenvalue weighted by Crippen LogP contribution is 2.32. The molecule has 0 aliphatic carbocycles. The number of anilines is 1. The zero-order chi connectivity index (χ0) is 22.0. The highest BCUT2D eigenvalue weighted by molar-refractivity contribution is 6.05. The van der Waals surface area contributed by atoms with Crippen molar-refractivity contribution in [2.45, 2.75) is 37.5 Å². The van der Waals surface area contributed by atoms with E-state index in [1.807, 2.05) is 6.07 Å². The molecule has 1 fully saturated rings. The van der Waals surface area contributed by atoms with Crippen molar-refractivity contribution in [1.29, 1.82) is 0 Å². The Bertz CT molecular complexity index is 993. The van der Waals surface area contributed by atoms with Crippen molar-refractivity contribution in [3.05, 3.63) is 59.7 Å². The summed E-state index contributed by atoms with van der Waals surface area (Å²) in [7, 11) is 1.71. The lowest BCUT2D eigenvalue weighted by molar-refractivity contribution is -0.148. The van der Waals surface area contributed by atoms with Gasteiger partial charge in [-0.1, -0.05) is 18.2 Å². The standard InChI is InChI=1S/C23H24N2O6/c1-25-18-9-8-16(12-21(26)27)31-20(18)13-30-19-10-7-15(11-17(19)23(25)29)24-22(28)14-5-3-2-4-6-14/h2-7,10-11,16,18,20H,8-9,12-13H2,1H3,(H,24,28)(H,26,27)/t16-,18+,20-/m0/s1. The molecule has 2 aromatic carbocycles. The number of ether oxygens (including phenoxy) is 2. The minimum Gasteiger partial charge on any atom is -0.490 e. The predicted octanol–water partition coefficient (Wildman–Crippen LogP) is 2.79. The Morgan fingerprint density at radius 2 is 1.94 bits per heavy atom. The Morgan fingerprint density at radius 1 is 1.16 bits per heavy atom. The minimum absolute atomic E-state index is 0.0675. The van der Waals surface area contributed by atoms with Crippen LogP contribution in [-0.4, -0.2) is 59.7 Å². The summed E-state index contributed by atoms with van der Waals surface area (Å²) in [6.45, 7) is 0.209. The average molecular weight is 424 g/mol. The topological polar surface area (TPSA) is 105 Å². The number of likely N-dealkylation sites (N-methyl/N-ethyl adjacent to an activating group) is 1. The lowest BCUT2D eigenvalue weighted by Gasteiger charge is -2.42. The number of rotatable bonds is 4. The van der Waals surface area contributed by atoms with E-state index in [4.69, 9.17) is 14.6 Å². The van der Waals surface area contributed by atoms with E-state index in [0.717, 1.165) is 0 Å². The molecule has 2 aromatic rings. The minimum atomic E-state index is -0.907. The Balaban J connectivity index is 1.54. The van der Waals surface area contributed by atoms with Gasteiger partial charge in [0, 0.05) is 18.3 Å². The van der Waals surface area contributed by atoms with Crippen molar-refractivity contribution in [1.82, 2.24) is 4.90 Å². The number of hydrogen-bond donors (Lipinski definition) is 2. The van der Waals surface area contributed by atoms with Crippen LogP contribution in [-0.2, 0) is 9.53 Å². The quantitative estimate of drug-likeness (QED) is 0.782. The van der Waals surface area contributed by atoms with Gasteiger partial charge in [0.25, 0.3) is 11.8 Å². The molecule has 0 unspecified atom stereocenters. The van der Waals surface area contributed by atoms with Crippen molar-refractivity contribution in [3.63, 3.8) is 0 Å². The van der Waals surface area contributed by atoms with Crippen LogP contribution in [0.4, 0.5) is 5.69 Å². The van der Waals surface area contributed by atoms with E-state index in [1.165, 1.54) is 0 Å². The van der Waals surface area contributed by atoms with Gasteiger partial charge in [-0.05, 0) is 43.2 Å². The predicted molar refractivity (Wildman–Crippen MR) is 112 cm³/mol. The van der Waals surface area contributed by atoms with Crippen LogP contribution in [0.3, 0.4) is 0 Å². The fourth-order valence-corrected chi connectivity index (χ4v) is 4.09. The third kappa shape index (κ3) is 4.54. The molecular weight excluding hydrogens is 400 g/mol. The summed E-state index contributed by atoms with van der Waals surface area (Å²) < 4.78 is 11.8. The van der Waals surface area contributed by atoms with E-state index in [1.54, 1.807) is 54.4 Å². The second-order valence-electron chi connectivity index (χ2n) is 7.80. The summed E-state index contributed by atoms with van der Waals surface area (Å²) in [5.41, 5.74) is 1.38. The average Bonchev–Trinajstić information content (AvgIpc) is 2.77. The van der Waals surface area contributed by atoms with Crippen LogP contribution in [0.1, 0.15) is 40.0 Å². The van der Waals surface area contributed by atoms with E-state index in [0.29, 0.717) is 35.4 Å². The maximum Gasteiger partial charge on any atom is 0.305 e. The molecule has 8 heteroatoms. The summed E-state index contributed by atoms with van der Waals surface area (Å²) in [5, 5.41) is 11.9. The molecule has 0 bridgehead atoms. The molecule has 31 heavy (non-hydrogen) atoms. The fourth-order valence-electron chi connectivity index (χ4n) is 4.09. The van der Waals surface area contributed by atoms with Gasteiger partial charge in [0.15, 0.2) is 0 Å². The number of hydrogen-bond acceptors (Lipinski definition) is 5. The Kier molecular flexibility index (Phi) is 5.90. The van der Waals surface area contributed by atoms with Crippen LogP contribution in [0.25, 0.3) is 0 Å². The Hall–Kier alpha value is -3.39. The van der Waals surface area contributed by atoms with Crippen molar-refractivity contribution < 1.29 is 29.0 Å². The van der Waals surface area contributed by atoms with Crippen LogP contribution < -0.4 is 10.1 Å². The van der Waals surface area contributed by atoms with E-state index < -0.39 is 12.1 Å². The van der Waals surface area contributed by atoms with Crippen LogP contribution in [0.15, 0.2) is 48.5 Å². The molecule has 8 nitrogen and oxygen atoms in total. The zero-order valence-electron chi connectivity index (χ0n) is 17.1. The van der Waals surface area contributed by atoms with Crippen molar-refractivity contribution in [3.8, 4) is 5.75 Å². The van der Waals surface area contributed by atoms with E-state index >= 15 is 0 Å². The maximum atomic E-state index is 13.2. The van der Waals surface area contributed by atoms with E-state index in [2.05, 4.69) is 5.32 Å². The number of carboxylic acid groups (broad SMARTS) is 1. The van der Waals surface area contributed by atoms with Gasteiger partial charge in [-0.3, -0.25) is 14.4 Å². The first-order valence-electron chi connectivity index (χ1n) is 10.2. The number of carbonyl (C=O) groups excluding carboxylic acids is 2. The van der Waals surface area contributed by atoms with E-state index in [9.17, 15) is 14.4 Å². The number of nitrogens with zero attached hydrogens (tertiary/aromatic N) is 1. The maximum absolute atomic E-state index is 13.2. The molecule has 2 heterocycles. The molecule has 1 saturated heterocycles. The smallest absolute Gasteiger partial charge is 0.305 e. The summed E-state index contributed by atoms with van der Waals surface area (Å²) in [6.07, 6.45) is 0.332. The van der Waals surface area contributed by atoms with Gasteiger partial charge in [-0.15, -0.1) is 0 Å². The number of carboxylic acids is 1. The van der Waals surface area contributed by atoms with Gasteiger partial charge >= 0.3 is 5.97 Å². The Morgan fingerprint density at radius 3 is 2.68 bits per heavy atom. The van der Waals surface area contributed by atoms with Crippen molar-refractivity contribution in [2.24, 2.45) is 0 Å². The number of aliphatic carboxylic acids is 1. The molecule has 4 rings (SSSR count). The van der Waals surface area contributed by atoms with Crippen molar-refractivity contribution >= 4 is 23.5 Å². The lowest BCUT2D eigenvalue weighted by Crippen LogP contribution is -2.53. The number of nitrogens with one attached hydrogen (secondary N) is 1. The molecule has 3 atom stereocenters. The number of fused-ring (bicyclic) bond motifs is 2.